The number of terminal acetylenes is 1. The van der Waals surface area contributed by atoms with Gasteiger partial charge in [-0.3, -0.25) is 14.5 Å². The van der Waals surface area contributed by atoms with Gasteiger partial charge >= 0.3 is 6.09 Å². The van der Waals surface area contributed by atoms with Crippen molar-refractivity contribution in [1.29, 1.82) is 0 Å². The summed E-state index contributed by atoms with van der Waals surface area (Å²) in [7, 11) is 0. The summed E-state index contributed by atoms with van der Waals surface area (Å²) in [5, 5.41) is 8.46. The molecule has 3 aromatic carbocycles. The molecule has 5 rings (SSSR count). The number of likely N-dealkylation sites (N-methyl/N-ethyl adjacent to an activating group) is 1. The van der Waals surface area contributed by atoms with Crippen molar-refractivity contribution >= 4 is 58.3 Å². The van der Waals surface area contributed by atoms with Crippen LogP contribution in [-0.4, -0.2) is 52.4 Å². The van der Waals surface area contributed by atoms with Crippen molar-refractivity contribution in [2.24, 2.45) is 0 Å². The van der Waals surface area contributed by atoms with Crippen LogP contribution >= 0.6 is 11.6 Å². The number of ether oxygens (including phenoxy) is 1. The minimum absolute atomic E-state index is 0.00695. The molecule has 11 nitrogen and oxygen atoms in total. The molecular formula is C33H29ClFN7O4. The van der Waals surface area contributed by atoms with Gasteiger partial charge < -0.3 is 25.6 Å². The van der Waals surface area contributed by atoms with Crippen LogP contribution < -0.4 is 20.9 Å². The first-order valence-corrected chi connectivity index (χ1v) is 14.6. The van der Waals surface area contributed by atoms with Crippen LogP contribution in [0.4, 0.5) is 38.0 Å². The van der Waals surface area contributed by atoms with E-state index >= 15 is 0 Å². The molecule has 3 N–H and O–H groups in total. The third kappa shape index (κ3) is 7.34. The van der Waals surface area contributed by atoms with E-state index < -0.39 is 17.8 Å². The van der Waals surface area contributed by atoms with Crippen LogP contribution in [0.3, 0.4) is 0 Å². The molecule has 0 aliphatic carbocycles. The number of rotatable bonds is 9. The molecule has 0 saturated carbocycles. The van der Waals surface area contributed by atoms with Crippen LogP contribution in [0.5, 0.6) is 0 Å². The van der Waals surface area contributed by atoms with Gasteiger partial charge in [-0.15, -0.1) is 6.42 Å². The number of carbonyl (C=O) groups is 3. The summed E-state index contributed by atoms with van der Waals surface area (Å²) in [5.41, 5.74) is 2.59. The number of nitrogens with one attached hydrogen (secondary N) is 3. The minimum atomic E-state index is -0.703. The summed E-state index contributed by atoms with van der Waals surface area (Å²) < 4.78 is 20.3. The Bertz CT molecular complexity index is 1820. The van der Waals surface area contributed by atoms with Gasteiger partial charge in [-0.25, -0.2) is 14.2 Å². The van der Waals surface area contributed by atoms with Gasteiger partial charge in [0.25, 0.3) is 5.91 Å². The quantitative estimate of drug-likeness (QED) is 0.201. The molecule has 13 heteroatoms. The van der Waals surface area contributed by atoms with E-state index in [1.807, 2.05) is 37.3 Å². The van der Waals surface area contributed by atoms with Gasteiger partial charge in [0.05, 0.1) is 36.2 Å². The molecule has 0 spiro atoms. The molecule has 46 heavy (non-hydrogen) atoms. The van der Waals surface area contributed by atoms with Crippen LogP contribution in [0.2, 0.25) is 5.02 Å². The zero-order valence-electron chi connectivity index (χ0n) is 24.7. The Morgan fingerprint density at radius 2 is 1.89 bits per heavy atom. The Kier molecular flexibility index (Phi) is 9.94. The van der Waals surface area contributed by atoms with E-state index in [1.165, 1.54) is 29.3 Å². The summed E-state index contributed by atoms with van der Waals surface area (Å²) in [4.78, 5) is 50.3. The Labute approximate surface area is 269 Å². The summed E-state index contributed by atoms with van der Waals surface area (Å²) in [6.45, 7) is 2.29. The summed E-state index contributed by atoms with van der Waals surface area (Å²) in [6.07, 6.45) is 5.95. The fraction of sp³-hybridized carbons (Fsp3) is 0.182. The number of carbonyl (C=O) groups excluding carboxylic acids is 3. The minimum Gasteiger partial charge on any atom is -0.445 e. The van der Waals surface area contributed by atoms with Crippen molar-refractivity contribution in [1.82, 2.24) is 20.2 Å². The molecule has 0 saturated heterocycles. The molecule has 4 aromatic rings. The van der Waals surface area contributed by atoms with E-state index in [2.05, 4.69) is 31.8 Å². The zero-order valence-corrected chi connectivity index (χ0v) is 25.5. The molecular weight excluding hydrogens is 613 g/mol. The Morgan fingerprint density at radius 1 is 1.09 bits per heavy atom. The first-order chi connectivity index (χ1) is 22.3. The molecule has 1 aliphatic rings. The molecule has 1 aromatic heterocycles. The predicted octanol–water partition coefficient (Wildman–Crippen LogP) is 5.62. The van der Waals surface area contributed by atoms with Crippen molar-refractivity contribution in [3.63, 3.8) is 0 Å². The molecule has 3 amide bonds. The highest BCUT2D eigenvalue weighted by Crippen LogP contribution is 2.32. The second-order valence-corrected chi connectivity index (χ2v) is 10.5. The van der Waals surface area contributed by atoms with Crippen LogP contribution in [-0.2, 0) is 22.7 Å². The molecule has 1 aliphatic heterocycles. The second-order valence-electron chi connectivity index (χ2n) is 10.1. The van der Waals surface area contributed by atoms with Crippen LogP contribution in [0.1, 0.15) is 28.4 Å². The molecule has 0 bridgehead atoms. The van der Waals surface area contributed by atoms with Crippen molar-refractivity contribution in [2.45, 2.75) is 20.1 Å². The van der Waals surface area contributed by atoms with Crippen LogP contribution in [0.15, 0.2) is 72.9 Å². The number of halogens is 2. The van der Waals surface area contributed by atoms with Gasteiger partial charge in [-0.05, 0) is 42.3 Å². The average molecular weight is 642 g/mol. The first-order valence-electron chi connectivity index (χ1n) is 14.2. The number of benzene rings is 3. The van der Waals surface area contributed by atoms with Gasteiger partial charge in [-0.2, -0.15) is 4.98 Å². The van der Waals surface area contributed by atoms with Gasteiger partial charge in [0.1, 0.15) is 24.0 Å². The SMILES string of the molecule is C#CCNC(=O)c1cccc(F)c1Nc1nc(Nc2ccc3c(c2)N(CC)C(=O)CN(C(=O)OCc2ccccc2)C3)ncc1Cl. The maximum atomic E-state index is 14.8. The third-order valence-corrected chi connectivity index (χ3v) is 7.27. The number of nitrogens with zero attached hydrogens (tertiary/aromatic N) is 4. The Hall–Kier alpha value is -5.67. The third-order valence-electron chi connectivity index (χ3n) is 7.00. The number of fused-ring (bicyclic) bond motifs is 1. The fourth-order valence-corrected chi connectivity index (χ4v) is 4.93. The Morgan fingerprint density at radius 3 is 2.65 bits per heavy atom. The normalized spacial score (nSPS) is 12.4. The molecule has 0 atom stereocenters. The molecule has 0 unspecified atom stereocenters. The topological polar surface area (TPSA) is 129 Å². The van der Waals surface area contributed by atoms with E-state index in [-0.39, 0.29) is 60.2 Å². The Balaban J connectivity index is 1.36. The maximum absolute atomic E-state index is 14.8. The van der Waals surface area contributed by atoms with Gasteiger partial charge in [0.2, 0.25) is 11.9 Å². The number of anilines is 5. The van der Waals surface area contributed by atoms with E-state index in [9.17, 15) is 18.8 Å². The highest BCUT2D eigenvalue weighted by atomic mass is 35.5. The van der Waals surface area contributed by atoms with Crippen molar-refractivity contribution in [3.05, 3.63) is 100 Å². The fourth-order valence-electron chi connectivity index (χ4n) is 4.79. The van der Waals surface area contributed by atoms with Gasteiger partial charge in [0.15, 0.2) is 5.82 Å². The molecule has 0 fully saturated rings. The monoisotopic (exact) mass is 641 g/mol. The molecule has 2 heterocycles. The lowest BCUT2D eigenvalue weighted by molar-refractivity contribution is -0.119. The number of hydrogen-bond acceptors (Lipinski definition) is 8. The number of amides is 3. The lowest BCUT2D eigenvalue weighted by Crippen LogP contribution is -2.40. The van der Waals surface area contributed by atoms with E-state index in [1.54, 1.807) is 23.1 Å². The van der Waals surface area contributed by atoms with Gasteiger partial charge in [-0.1, -0.05) is 60.0 Å². The highest BCUT2D eigenvalue weighted by Gasteiger charge is 2.29. The summed E-state index contributed by atoms with van der Waals surface area (Å²) in [6, 6.07) is 18.6. The van der Waals surface area contributed by atoms with Crippen LogP contribution in [0.25, 0.3) is 0 Å². The van der Waals surface area contributed by atoms with E-state index in [4.69, 9.17) is 22.8 Å². The molecule has 234 valence electrons. The van der Waals surface area contributed by atoms with E-state index in [0.717, 1.165) is 11.1 Å². The zero-order chi connectivity index (χ0) is 32.6. The number of para-hydroxylation sites is 1. The molecule has 0 radical (unpaired) electrons. The number of aromatic nitrogens is 2. The van der Waals surface area contributed by atoms with Crippen molar-refractivity contribution < 1.29 is 23.5 Å². The average Bonchev–Trinajstić information content (AvgIpc) is 3.20. The lowest BCUT2D eigenvalue weighted by atomic mass is 10.1. The predicted molar refractivity (Wildman–Crippen MR) is 173 cm³/mol. The largest absolute Gasteiger partial charge is 0.445 e. The van der Waals surface area contributed by atoms with Crippen molar-refractivity contribution in [2.75, 3.05) is 35.2 Å². The summed E-state index contributed by atoms with van der Waals surface area (Å²) >= 11 is 6.33. The first kappa shape index (κ1) is 31.7. The standard InChI is InChI=1S/C33H29ClFN7O4/c1-3-15-36-31(44)24-11-8-12-26(35)29(24)39-30-25(34)17-37-32(40-30)38-23-14-13-22-18-41(19-28(43)42(4-2)27(22)16-23)33(45)46-20-21-9-6-5-7-10-21/h1,5-14,16-17H,4,15,18-20H2,2H3,(H,36,44)(H2,37,38,39,40). The summed E-state index contributed by atoms with van der Waals surface area (Å²) in [5.74, 6) is 0.901. The number of hydrogen-bond donors (Lipinski definition) is 3. The van der Waals surface area contributed by atoms with Gasteiger partial charge in [0, 0.05) is 12.2 Å². The maximum Gasteiger partial charge on any atom is 0.410 e. The van der Waals surface area contributed by atoms with Crippen molar-refractivity contribution in [3.8, 4) is 12.3 Å². The van der Waals surface area contributed by atoms with Crippen LogP contribution in [0, 0.1) is 18.2 Å². The lowest BCUT2D eigenvalue weighted by Gasteiger charge is -2.21. The van der Waals surface area contributed by atoms with E-state index in [0.29, 0.717) is 17.9 Å². The smallest absolute Gasteiger partial charge is 0.410 e. The second kappa shape index (κ2) is 14.4. The highest BCUT2D eigenvalue weighted by molar-refractivity contribution is 6.33.